The Bertz CT molecular complexity index is 503. The third-order valence-corrected chi connectivity index (χ3v) is 1.82. The second-order valence-electron chi connectivity index (χ2n) is 2.78. The molecule has 0 unspecified atom stereocenters. The minimum atomic E-state index is -0.00352. The first kappa shape index (κ1) is 17.9. The number of hydrogen-bond acceptors (Lipinski definition) is 2. The van der Waals surface area contributed by atoms with Crippen LogP contribution in [0.25, 0.3) is 10.9 Å². The van der Waals surface area contributed by atoms with E-state index in [9.17, 15) is 5.11 Å². The molecule has 1 heterocycles. The summed E-state index contributed by atoms with van der Waals surface area (Å²) in [4.78, 5) is 4.16. The molecule has 0 spiro atoms. The van der Waals surface area contributed by atoms with E-state index in [2.05, 4.69) is 18.3 Å². The van der Waals surface area contributed by atoms with Crippen LogP contribution in [0.15, 0.2) is 30.3 Å². The number of fused-ring (bicyclic) bond motifs is 1. The average molecular weight is 317 g/mol. The molecule has 0 aliphatic rings. The normalized spacial score (nSPS) is 7.59. The molecule has 0 amide bonds. The van der Waals surface area contributed by atoms with Gasteiger partial charge in [-0.25, -0.2) is 0 Å². The zero-order chi connectivity index (χ0) is 12.6. The summed E-state index contributed by atoms with van der Waals surface area (Å²) in [5.74, 6) is -0.00352. The van der Waals surface area contributed by atoms with Crippen LogP contribution in [0.4, 0.5) is 0 Å². The topological polar surface area (TPSA) is 75.8 Å². The van der Waals surface area contributed by atoms with Crippen LogP contribution in [0, 0.1) is 20.2 Å². The summed E-state index contributed by atoms with van der Waals surface area (Å²) in [7, 11) is 0. The Morgan fingerprint density at radius 1 is 1.06 bits per heavy atom. The maximum absolute atomic E-state index is 11.3. The fourth-order valence-electron chi connectivity index (χ4n) is 1.22. The van der Waals surface area contributed by atoms with Crippen molar-refractivity contribution in [2.45, 2.75) is 6.92 Å². The SMILES string of the molecule is Cc1ccc2cccc([O-])c2n1.[C-]#[O+].[C-]#[O+].[Rh]. The largest absolute Gasteiger partial charge is 0 e. The smallest absolute Gasteiger partial charge is 0 e. The van der Waals surface area contributed by atoms with Crippen molar-refractivity contribution in [2.24, 2.45) is 0 Å². The molecule has 1 aromatic carbocycles. The molecule has 0 aliphatic heterocycles. The van der Waals surface area contributed by atoms with Crippen LogP contribution < -0.4 is 5.11 Å². The minimum absolute atomic E-state index is 0. The minimum Gasteiger partial charge on any atom is 0 e. The number of aromatic nitrogens is 1. The molecule has 1 radical (unpaired) electrons. The number of nitrogens with zero attached hydrogens (tertiary/aromatic N) is 1. The molecule has 2 rings (SSSR count). The van der Waals surface area contributed by atoms with E-state index in [1.807, 2.05) is 25.1 Å². The van der Waals surface area contributed by atoms with Crippen molar-refractivity contribution in [3.63, 3.8) is 0 Å². The van der Waals surface area contributed by atoms with Gasteiger partial charge in [-0.15, -0.1) is 0 Å². The third-order valence-electron chi connectivity index (χ3n) is 1.82. The first-order valence-corrected chi connectivity index (χ1v) is 4.21. The molecule has 0 fully saturated rings. The molecule has 89 valence electrons. The summed E-state index contributed by atoms with van der Waals surface area (Å²) in [6, 6.07) is 9.00. The molecule has 0 atom stereocenters. The van der Waals surface area contributed by atoms with E-state index in [0.29, 0.717) is 5.52 Å². The molecular formula is C12H8NO3Rh-. The van der Waals surface area contributed by atoms with Crippen LogP contribution >= 0.6 is 0 Å². The number of aryl methyl sites for hydroxylation is 1. The molecular weight excluding hydrogens is 309 g/mol. The molecule has 17 heavy (non-hydrogen) atoms. The van der Waals surface area contributed by atoms with Crippen molar-refractivity contribution in [3.05, 3.63) is 49.3 Å². The number of para-hydroxylation sites is 1. The Hall–Kier alpha value is -1.47. The molecule has 2 aromatic rings. The first-order chi connectivity index (χ1) is 7.77. The van der Waals surface area contributed by atoms with Crippen LogP contribution in [0.3, 0.4) is 0 Å². The predicted molar refractivity (Wildman–Crippen MR) is 53.8 cm³/mol. The van der Waals surface area contributed by atoms with Crippen molar-refractivity contribution in [1.29, 1.82) is 0 Å². The Balaban J connectivity index is 0. The number of benzene rings is 1. The summed E-state index contributed by atoms with van der Waals surface area (Å²) in [5.41, 5.74) is 1.45. The van der Waals surface area contributed by atoms with Gasteiger partial charge in [0.1, 0.15) is 0 Å². The monoisotopic (exact) mass is 317 g/mol. The van der Waals surface area contributed by atoms with Gasteiger partial charge in [-0.2, -0.15) is 0 Å². The second-order valence-corrected chi connectivity index (χ2v) is 2.78. The molecule has 1 aromatic heterocycles. The molecule has 0 bridgehead atoms. The van der Waals surface area contributed by atoms with Crippen LogP contribution in [0.5, 0.6) is 5.75 Å². The fourth-order valence-corrected chi connectivity index (χ4v) is 1.22. The summed E-state index contributed by atoms with van der Waals surface area (Å²) in [5, 5.41) is 12.2. The Morgan fingerprint density at radius 2 is 1.65 bits per heavy atom. The van der Waals surface area contributed by atoms with Crippen LogP contribution in [-0.4, -0.2) is 4.98 Å². The van der Waals surface area contributed by atoms with E-state index < -0.39 is 0 Å². The predicted octanol–water partition coefficient (Wildman–Crippen LogP) is 1.54. The van der Waals surface area contributed by atoms with Crippen molar-refractivity contribution < 1.29 is 33.9 Å². The first-order valence-electron chi connectivity index (χ1n) is 4.21. The quantitative estimate of drug-likeness (QED) is 0.420. The number of hydrogen-bond donors (Lipinski definition) is 0. The summed E-state index contributed by atoms with van der Waals surface area (Å²) < 4.78 is 15.0. The molecule has 5 heteroatoms. The van der Waals surface area contributed by atoms with Crippen molar-refractivity contribution in [2.75, 3.05) is 0 Å². The van der Waals surface area contributed by atoms with E-state index >= 15 is 0 Å². The Morgan fingerprint density at radius 3 is 2.24 bits per heavy atom. The summed E-state index contributed by atoms with van der Waals surface area (Å²) >= 11 is 0. The second kappa shape index (κ2) is 9.74. The van der Waals surface area contributed by atoms with E-state index in [1.165, 1.54) is 6.07 Å². The van der Waals surface area contributed by atoms with Gasteiger partial charge in [0, 0.05) is 25.2 Å². The maximum Gasteiger partial charge on any atom is 0 e. The molecule has 0 saturated carbocycles. The molecule has 0 saturated heterocycles. The van der Waals surface area contributed by atoms with Gasteiger partial charge in [-0.05, 0) is 18.4 Å². The molecule has 4 nitrogen and oxygen atoms in total. The Labute approximate surface area is 112 Å². The van der Waals surface area contributed by atoms with E-state index in [-0.39, 0.29) is 25.2 Å². The van der Waals surface area contributed by atoms with Crippen LogP contribution in [0.1, 0.15) is 5.69 Å². The van der Waals surface area contributed by atoms with Crippen molar-refractivity contribution >= 4 is 10.9 Å². The van der Waals surface area contributed by atoms with E-state index in [4.69, 9.17) is 9.30 Å². The van der Waals surface area contributed by atoms with Gasteiger partial charge in [0.05, 0.1) is 5.52 Å². The Kier molecular flexibility index (Phi) is 10.3. The van der Waals surface area contributed by atoms with E-state index in [1.54, 1.807) is 6.07 Å². The van der Waals surface area contributed by atoms with Crippen LogP contribution in [-0.2, 0) is 28.8 Å². The van der Waals surface area contributed by atoms with Gasteiger partial charge >= 0.3 is 22.6 Å². The van der Waals surface area contributed by atoms with Gasteiger partial charge in [0.2, 0.25) is 0 Å². The third kappa shape index (κ3) is 4.92. The number of rotatable bonds is 0. The van der Waals surface area contributed by atoms with Crippen molar-refractivity contribution in [3.8, 4) is 5.75 Å². The fraction of sp³-hybridized carbons (Fsp3) is 0.0833. The summed E-state index contributed by atoms with van der Waals surface area (Å²) in [6.45, 7) is 10.9. The standard InChI is InChI=1S/C10H9NO.2CO.Rh/c1-7-5-6-8-3-2-4-9(12)10(8)11-7;2*1-2;/h2-6,12H,1H3;;;/p-1. The van der Waals surface area contributed by atoms with Gasteiger partial charge in [0.25, 0.3) is 0 Å². The molecule has 0 aliphatic carbocycles. The van der Waals surface area contributed by atoms with Gasteiger partial charge in [-0.1, -0.05) is 30.0 Å². The van der Waals surface area contributed by atoms with Gasteiger partial charge in [0.15, 0.2) is 0 Å². The maximum atomic E-state index is 11.3. The van der Waals surface area contributed by atoms with Crippen LogP contribution in [0.2, 0.25) is 0 Å². The average Bonchev–Trinajstić information content (AvgIpc) is 2.35. The van der Waals surface area contributed by atoms with Gasteiger partial charge in [-0.3, -0.25) is 4.98 Å². The zero-order valence-corrected chi connectivity index (χ0v) is 10.5. The van der Waals surface area contributed by atoms with Crippen molar-refractivity contribution in [1.82, 2.24) is 4.98 Å². The summed E-state index contributed by atoms with van der Waals surface area (Å²) in [6.07, 6.45) is 0. The van der Waals surface area contributed by atoms with E-state index in [0.717, 1.165) is 11.1 Å². The number of pyridine rings is 1. The molecule has 0 N–H and O–H groups in total. The zero-order valence-electron chi connectivity index (χ0n) is 8.89. The van der Waals surface area contributed by atoms with Gasteiger partial charge < -0.3 is 5.11 Å².